The normalized spacial score (nSPS) is 18.9. The Bertz CT molecular complexity index is 951. The van der Waals surface area contributed by atoms with E-state index < -0.39 is 0 Å². The van der Waals surface area contributed by atoms with Gasteiger partial charge in [0.1, 0.15) is 5.82 Å². The molecule has 146 valence electrons. The summed E-state index contributed by atoms with van der Waals surface area (Å²) in [4.78, 5) is 17.1. The zero-order valence-corrected chi connectivity index (χ0v) is 16.8. The van der Waals surface area contributed by atoms with Crippen LogP contribution in [0.3, 0.4) is 0 Å². The minimum atomic E-state index is 0. The monoisotopic (exact) mass is 395 g/mol. The first-order valence-electron chi connectivity index (χ1n) is 9.67. The Kier molecular flexibility index (Phi) is 6.53. The Labute approximate surface area is 172 Å². The summed E-state index contributed by atoms with van der Waals surface area (Å²) >= 11 is 0. The highest BCUT2D eigenvalue weighted by Gasteiger charge is 2.23. The van der Waals surface area contributed by atoms with Gasteiger partial charge in [-0.05, 0) is 62.9 Å². The first kappa shape index (κ1) is 20.2. The van der Waals surface area contributed by atoms with E-state index in [2.05, 4.69) is 22.8 Å². The van der Waals surface area contributed by atoms with Gasteiger partial charge in [0.2, 0.25) is 0 Å². The molecule has 1 heterocycles. The second-order valence-corrected chi connectivity index (χ2v) is 7.43. The summed E-state index contributed by atoms with van der Waals surface area (Å²) < 4.78 is 0. The number of rotatable bonds is 4. The molecule has 2 aromatic carbocycles. The molecule has 0 radical (unpaired) electrons. The van der Waals surface area contributed by atoms with Gasteiger partial charge in [-0.25, -0.2) is 4.98 Å². The number of halogens is 1. The van der Waals surface area contributed by atoms with E-state index in [4.69, 9.17) is 4.98 Å². The fraction of sp³-hybridized carbons (Fsp3) is 0.304. The number of amides is 1. The molecule has 2 N–H and O–H groups in total. The van der Waals surface area contributed by atoms with E-state index in [1.165, 1.54) is 0 Å². The Balaban J connectivity index is 0.00000225. The third-order valence-electron chi connectivity index (χ3n) is 5.29. The largest absolute Gasteiger partial charge is 0.367 e. The van der Waals surface area contributed by atoms with E-state index in [-0.39, 0.29) is 24.4 Å². The summed E-state index contributed by atoms with van der Waals surface area (Å²) in [5.41, 5.74) is 2.87. The highest BCUT2D eigenvalue weighted by atomic mass is 35.5. The molecule has 0 unspecified atom stereocenters. The number of fused-ring (bicyclic) bond motifs is 1. The van der Waals surface area contributed by atoms with Crippen molar-refractivity contribution in [1.29, 1.82) is 0 Å². The number of aromatic nitrogens is 1. The summed E-state index contributed by atoms with van der Waals surface area (Å²) in [7, 11) is 0. The predicted octanol–water partition coefficient (Wildman–Crippen LogP) is 5.12. The van der Waals surface area contributed by atoms with Gasteiger partial charge in [-0.1, -0.05) is 35.9 Å². The van der Waals surface area contributed by atoms with Crippen molar-refractivity contribution >= 4 is 35.0 Å². The molecular weight excluding hydrogens is 370 g/mol. The van der Waals surface area contributed by atoms with Crippen LogP contribution in [0.2, 0.25) is 0 Å². The number of benzene rings is 2. The molecule has 0 saturated heterocycles. The third-order valence-corrected chi connectivity index (χ3v) is 5.29. The number of carbonyl (C=O) groups is 1. The van der Waals surface area contributed by atoms with E-state index in [1.807, 2.05) is 55.5 Å². The number of carbonyl (C=O) groups excluding carboxylic acids is 1. The maximum absolute atomic E-state index is 12.4. The lowest BCUT2D eigenvalue weighted by Crippen LogP contribution is -2.40. The molecule has 4 rings (SSSR count). The molecule has 1 aromatic heterocycles. The van der Waals surface area contributed by atoms with Gasteiger partial charge < -0.3 is 10.6 Å². The molecule has 4 nitrogen and oxygen atoms in total. The second kappa shape index (κ2) is 9.07. The Hall–Kier alpha value is -2.59. The van der Waals surface area contributed by atoms with Gasteiger partial charge >= 0.3 is 0 Å². The molecule has 1 amide bonds. The van der Waals surface area contributed by atoms with Crippen LogP contribution in [0, 0.1) is 6.92 Å². The molecule has 1 saturated carbocycles. The molecular formula is C23H26ClN3O. The zero-order valence-electron chi connectivity index (χ0n) is 16.0. The van der Waals surface area contributed by atoms with E-state index in [0.717, 1.165) is 53.5 Å². The van der Waals surface area contributed by atoms with Gasteiger partial charge in [-0.2, -0.15) is 0 Å². The molecule has 0 spiro atoms. The average molecular weight is 396 g/mol. The van der Waals surface area contributed by atoms with Crippen molar-refractivity contribution in [3.8, 4) is 0 Å². The zero-order chi connectivity index (χ0) is 18.6. The summed E-state index contributed by atoms with van der Waals surface area (Å²) in [6, 6.07) is 20.7. The van der Waals surface area contributed by atoms with Crippen molar-refractivity contribution < 1.29 is 4.79 Å². The van der Waals surface area contributed by atoms with Crippen LogP contribution >= 0.6 is 12.4 Å². The Morgan fingerprint density at radius 3 is 2.46 bits per heavy atom. The average Bonchev–Trinajstić information content (AvgIpc) is 2.69. The van der Waals surface area contributed by atoms with Crippen LogP contribution in [0.4, 0.5) is 5.82 Å². The van der Waals surface area contributed by atoms with Crippen molar-refractivity contribution in [3.63, 3.8) is 0 Å². The lowest BCUT2D eigenvalue weighted by molar-refractivity contribution is 0.0926. The van der Waals surface area contributed by atoms with Crippen LogP contribution in [0.1, 0.15) is 41.6 Å². The second-order valence-electron chi connectivity index (χ2n) is 7.43. The number of hydrogen-bond donors (Lipinski definition) is 2. The number of hydrogen-bond acceptors (Lipinski definition) is 3. The van der Waals surface area contributed by atoms with Crippen molar-refractivity contribution in [2.45, 2.75) is 44.7 Å². The Morgan fingerprint density at radius 2 is 1.68 bits per heavy atom. The number of para-hydroxylation sites is 1. The van der Waals surface area contributed by atoms with Gasteiger partial charge in [-0.3, -0.25) is 4.79 Å². The van der Waals surface area contributed by atoms with Crippen molar-refractivity contribution in [1.82, 2.24) is 10.3 Å². The van der Waals surface area contributed by atoms with Crippen LogP contribution in [0.25, 0.3) is 10.9 Å². The van der Waals surface area contributed by atoms with Crippen molar-refractivity contribution in [3.05, 3.63) is 71.8 Å². The quantitative estimate of drug-likeness (QED) is 0.644. The van der Waals surface area contributed by atoms with E-state index >= 15 is 0 Å². The molecule has 0 atom stereocenters. The summed E-state index contributed by atoms with van der Waals surface area (Å²) in [6.07, 6.45) is 4.05. The first-order valence-corrected chi connectivity index (χ1v) is 9.67. The maximum Gasteiger partial charge on any atom is 0.251 e. The highest BCUT2D eigenvalue weighted by molar-refractivity contribution is 5.94. The van der Waals surface area contributed by atoms with Crippen LogP contribution in [0.5, 0.6) is 0 Å². The Morgan fingerprint density at radius 1 is 0.929 bits per heavy atom. The SMILES string of the molecule is Cc1cccc(C(=O)NC2CCC(Nc3ccc4ccccc4n3)CC2)c1.Cl. The first-order chi connectivity index (χ1) is 13.2. The van der Waals surface area contributed by atoms with Gasteiger partial charge in [0, 0.05) is 23.0 Å². The van der Waals surface area contributed by atoms with E-state index in [9.17, 15) is 4.79 Å². The van der Waals surface area contributed by atoms with Crippen molar-refractivity contribution in [2.24, 2.45) is 0 Å². The fourth-order valence-corrected chi connectivity index (χ4v) is 3.79. The number of pyridine rings is 1. The standard InChI is InChI=1S/C23H25N3O.ClH/c1-16-5-4-7-18(15-16)23(27)25-20-12-10-19(11-13-20)24-22-14-9-17-6-2-3-8-21(17)26-22;/h2-9,14-15,19-20H,10-13H2,1H3,(H,24,26)(H,25,27);1H. The number of anilines is 1. The third kappa shape index (κ3) is 4.82. The highest BCUT2D eigenvalue weighted by Crippen LogP contribution is 2.23. The van der Waals surface area contributed by atoms with Crippen LogP contribution in [-0.4, -0.2) is 23.0 Å². The maximum atomic E-state index is 12.4. The molecule has 5 heteroatoms. The van der Waals surface area contributed by atoms with Gasteiger partial charge in [0.25, 0.3) is 5.91 Å². The molecule has 0 bridgehead atoms. The van der Waals surface area contributed by atoms with Gasteiger partial charge in [0.05, 0.1) is 5.52 Å². The smallest absolute Gasteiger partial charge is 0.251 e. The van der Waals surface area contributed by atoms with E-state index in [1.54, 1.807) is 0 Å². The minimum Gasteiger partial charge on any atom is -0.367 e. The molecule has 1 aliphatic carbocycles. The fourth-order valence-electron chi connectivity index (χ4n) is 3.79. The lowest BCUT2D eigenvalue weighted by atomic mass is 9.91. The summed E-state index contributed by atoms with van der Waals surface area (Å²) in [5.74, 6) is 0.965. The number of nitrogens with zero attached hydrogens (tertiary/aromatic N) is 1. The molecule has 1 aliphatic rings. The molecule has 1 fully saturated rings. The minimum absolute atomic E-state index is 0. The number of nitrogens with one attached hydrogen (secondary N) is 2. The van der Waals surface area contributed by atoms with Crippen LogP contribution in [-0.2, 0) is 0 Å². The molecule has 28 heavy (non-hydrogen) atoms. The van der Waals surface area contributed by atoms with Gasteiger partial charge in [-0.15, -0.1) is 12.4 Å². The summed E-state index contributed by atoms with van der Waals surface area (Å²) in [5, 5.41) is 7.91. The molecule has 3 aromatic rings. The van der Waals surface area contributed by atoms with Crippen LogP contribution < -0.4 is 10.6 Å². The topological polar surface area (TPSA) is 54.0 Å². The number of aryl methyl sites for hydroxylation is 1. The lowest BCUT2D eigenvalue weighted by Gasteiger charge is -2.30. The van der Waals surface area contributed by atoms with E-state index in [0.29, 0.717) is 6.04 Å². The molecule has 0 aliphatic heterocycles. The van der Waals surface area contributed by atoms with Crippen LogP contribution in [0.15, 0.2) is 60.7 Å². The van der Waals surface area contributed by atoms with Crippen molar-refractivity contribution in [2.75, 3.05) is 5.32 Å². The summed E-state index contributed by atoms with van der Waals surface area (Å²) in [6.45, 7) is 2.01. The van der Waals surface area contributed by atoms with Gasteiger partial charge in [0.15, 0.2) is 0 Å². The predicted molar refractivity (Wildman–Crippen MR) is 117 cm³/mol.